The molecule has 0 saturated carbocycles. The third-order valence-corrected chi connectivity index (χ3v) is 3.24. The van der Waals surface area contributed by atoms with Crippen LogP contribution in [-0.2, 0) is 14.3 Å². The molecule has 1 aromatic rings. The summed E-state index contributed by atoms with van der Waals surface area (Å²) in [7, 11) is 0. The lowest BCUT2D eigenvalue weighted by molar-refractivity contribution is -0.136. The van der Waals surface area contributed by atoms with Crippen LogP contribution in [0.3, 0.4) is 0 Å². The Labute approximate surface area is 123 Å². The van der Waals surface area contributed by atoms with Crippen LogP contribution in [0.25, 0.3) is 0 Å². The van der Waals surface area contributed by atoms with E-state index in [1.54, 1.807) is 39.0 Å². The molecule has 1 aromatic carbocycles. The fourth-order valence-corrected chi connectivity index (χ4v) is 2.09. The van der Waals surface area contributed by atoms with Crippen LogP contribution in [-0.4, -0.2) is 24.3 Å². The molecule has 1 aliphatic rings. The summed E-state index contributed by atoms with van der Waals surface area (Å²) in [5.74, 6) is -1.18. The van der Waals surface area contributed by atoms with Gasteiger partial charge in [-0.15, -0.1) is 0 Å². The van der Waals surface area contributed by atoms with Crippen LogP contribution in [0.2, 0.25) is 0 Å². The van der Waals surface area contributed by atoms with Crippen molar-refractivity contribution in [3.63, 3.8) is 0 Å². The predicted molar refractivity (Wildman–Crippen MR) is 78.2 cm³/mol. The zero-order valence-corrected chi connectivity index (χ0v) is 12.2. The second kappa shape index (κ2) is 5.91. The van der Waals surface area contributed by atoms with Crippen LogP contribution in [0, 0.1) is 0 Å². The molecule has 5 nitrogen and oxygen atoms in total. The number of ether oxygens (including phenoxy) is 1. The first-order chi connectivity index (χ1) is 9.88. The highest BCUT2D eigenvalue weighted by Gasteiger charge is 2.27. The molecule has 2 rings (SSSR count). The van der Waals surface area contributed by atoms with Gasteiger partial charge in [-0.3, -0.25) is 9.59 Å². The maximum atomic E-state index is 12.0. The molecule has 5 heteroatoms. The van der Waals surface area contributed by atoms with Gasteiger partial charge in [0.05, 0.1) is 5.92 Å². The number of Topliss-reactive ketones (excluding diaryl/α,β-unsaturated/α-hetero) is 1. The van der Waals surface area contributed by atoms with Gasteiger partial charge in [-0.1, -0.05) is 5.57 Å². The highest BCUT2D eigenvalue weighted by molar-refractivity contribution is 6.05. The molecule has 1 heterocycles. The minimum atomic E-state index is -0.533. The van der Waals surface area contributed by atoms with E-state index in [2.05, 4.69) is 5.32 Å². The van der Waals surface area contributed by atoms with Crippen LogP contribution in [0.1, 0.15) is 42.6 Å². The summed E-state index contributed by atoms with van der Waals surface area (Å²) in [6, 6.07) is 4.99. The van der Waals surface area contributed by atoms with Crippen LogP contribution in [0.4, 0.5) is 5.69 Å². The molecule has 1 aliphatic heterocycles. The molecular formula is C16H17NO4. The molecule has 0 unspecified atom stereocenters. The molecule has 0 radical (unpaired) electrons. The van der Waals surface area contributed by atoms with E-state index < -0.39 is 5.97 Å². The minimum Gasteiger partial charge on any atom is -0.454 e. The zero-order chi connectivity index (χ0) is 15.6. The van der Waals surface area contributed by atoms with Gasteiger partial charge in [0.15, 0.2) is 12.4 Å². The van der Waals surface area contributed by atoms with Gasteiger partial charge in [0.2, 0.25) is 5.91 Å². The second-order valence-corrected chi connectivity index (χ2v) is 5.27. The van der Waals surface area contributed by atoms with Crippen LogP contribution < -0.4 is 5.32 Å². The number of hydrogen-bond donors (Lipinski definition) is 1. The fraction of sp³-hybridized carbons (Fsp3) is 0.312. The van der Waals surface area contributed by atoms with Gasteiger partial charge < -0.3 is 10.1 Å². The van der Waals surface area contributed by atoms with Crippen LogP contribution in [0.15, 0.2) is 29.8 Å². The topological polar surface area (TPSA) is 72.5 Å². The Morgan fingerprint density at radius 2 is 2.05 bits per heavy atom. The largest absolute Gasteiger partial charge is 0.454 e. The molecule has 0 saturated heterocycles. The molecular weight excluding hydrogens is 270 g/mol. The number of hydrogen-bond acceptors (Lipinski definition) is 4. The molecule has 1 amide bonds. The maximum Gasteiger partial charge on any atom is 0.331 e. The molecule has 21 heavy (non-hydrogen) atoms. The van der Waals surface area contributed by atoms with Crippen molar-refractivity contribution in [2.75, 3.05) is 11.9 Å². The van der Waals surface area contributed by atoms with Gasteiger partial charge in [-0.2, -0.15) is 0 Å². The molecule has 0 aliphatic carbocycles. The highest BCUT2D eigenvalue weighted by Crippen LogP contribution is 2.32. The van der Waals surface area contributed by atoms with Crippen LogP contribution in [0.5, 0.6) is 0 Å². The highest BCUT2D eigenvalue weighted by atomic mass is 16.5. The quantitative estimate of drug-likeness (QED) is 0.524. The van der Waals surface area contributed by atoms with E-state index in [9.17, 15) is 14.4 Å². The van der Waals surface area contributed by atoms with E-state index in [4.69, 9.17) is 4.74 Å². The van der Waals surface area contributed by atoms with Crippen molar-refractivity contribution >= 4 is 23.3 Å². The van der Waals surface area contributed by atoms with Gasteiger partial charge in [0.1, 0.15) is 0 Å². The lowest BCUT2D eigenvalue weighted by Gasteiger charge is -2.06. The number of fused-ring (bicyclic) bond motifs is 1. The second-order valence-electron chi connectivity index (χ2n) is 5.27. The number of ketones is 1. The summed E-state index contributed by atoms with van der Waals surface area (Å²) < 4.78 is 4.89. The van der Waals surface area contributed by atoms with E-state index in [0.717, 1.165) is 16.8 Å². The van der Waals surface area contributed by atoms with Crippen molar-refractivity contribution in [2.45, 2.75) is 26.7 Å². The molecule has 1 N–H and O–H groups in total. The number of carbonyl (C=O) groups is 3. The number of anilines is 1. The number of amides is 1. The first-order valence-corrected chi connectivity index (χ1v) is 6.68. The fourth-order valence-electron chi connectivity index (χ4n) is 2.09. The van der Waals surface area contributed by atoms with E-state index >= 15 is 0 Å². The number of benzene rings is 1. The van der Waals surface area contributed by atoms with E-state index in [0.29, 0.717) is 5.56 Å². The Hall–Kier alpha value is -2.43. The number of nitrogens with one attached hydrogen (secondary N) is 1. The maximum absolute atomic E-state index is 12.0. The molecule has 0 aromatic heterocycles. The summed E-state index contributed by atoms with van der Waals surface area (Å²) in [6.45, 7) is 5.02. The Morgan fingerprint density at radius 1 is 1.33 bits per heavy atom. The molecule has 110 valence electrons. The predicted octanol–water partition coefficient (Wildman–Crippen LogP) is 2.43. The summed E-state index contributed by atoms with van der Waals surface area (Å²) in [4.78, 5) is 34.9. The van der Waals surface area contributed by atoms with E-state index in [1.807, 2.05) is 0 Å². The Bertz CT molecular complexity index is 642. The summed E-state index contributed by atoms with van der Waals surface area (Å²) in [6.07, 6.45) is 1.33. The van der Waals surface area contributed by atoms with E-state index in [-0.39, 0.29) is 24.2 Å². The van der Waals surface area contributed by atoms with Crippen LogP contribution >= 0.6 is 0 Å². The Kier molecular flexibility index (Phi) is 4.21. The van der Waals surface area contributed by atoms with E-state index in [1.165, 1.54) is 6.08 Å². The van der Waals surface area contributed by atoms with Crippen molar-refractivity contribution < 1.29 is 19.1 Å². The van der Waals surface area contributed by atoms with Gasteiger partial charge in [0.25, 0.3) is 0 Å². The number of rotatable bonds is 4. The third-order valence-electron chi connectivity index (χ3n) is 3.24. The SMILES string of the molecule is CC(C)=CC(=O)OCC(=O)c1ccc2c(c1)[C@@H](C)C(=O)N2. The first-order valence-electron chi connectivity index (χ1n) is 6.68. The normalized spacial score (nSPS) is 16.0. The van der Waals surface area contributed by atoms with Crippen molar-refractivity contribution in [3.8, 4) is 0 Å². The monoisotopic (exact) mass is 287 g/mol. The van der Waals surface area contributed by atoms with Gasteiger partial charge in [-0.25, -0.2) is 4.79 Å². The Morgan fingerprint density at radius 3 is 2.71 bits per heavy atom. The summed E-state index contributed by atoms with van der Waals surface area (Å²) in [5, 5.41) is 2.74. The first kappa shape index (κ1) is 15.0. The van der Waals surface area contributed by atoms with Gasteiger partial charge in [0, 0.05) is 17.3 Å². The molecule has 0 fully saturated rings. The zero-order valence-electron chi connectivity index (χ0n) is 12.2. The average Bonchev–Trinajstić information content (AvgIpc) is 2.70. The average molecular weight is 287 g/mol. The van der Waals surface area contributed by atoms with Gasteiger partial charge in [-0.05, 0) is 44.5 Å². The summed E-state index contributed by atoms with van der Waals surface area (Å²) in [5.41, 5.74) is 2.76. The lowest BCUT2D eigenvalue weighted by Crippen LogP contribution is -2.13. The number of esters is 1. The lowest BCUT2D eigenvalue weighted by atomic mass is 9.99. The Balaban J connectivity index is 2.06. The summed E-state index contributed by atoms with van der Waals surface area (Å²) >= 11 is 0. The molecule has 0 spiro atoms. The molecule has 1 atom stereocenters. The van der Waals surface area contributed by atoms with Gasteiger partial charge >= 0.3 is 5.97 Å². The minimum absolute atomic E-state index is 0.0791. The van der Waals surface area contributed by atoms with Crippen molar-refractivity contribution in [3.05, 3.63) is 41.0 Å². The molecule has 0 bridgehead atoms. The number of allylic oxidation sites excluding steroid dienone is 1. The van der Waals surface area contributed by atoms with Crippen molar-refractivity contribution in [1.82, 2.24) is 0 Å². The standard InChI is InChI=1S/C16H17NO4/c1-9(2)6-15(19)21-8-14(18)11-4-5-13-12(7-11)10(3)16(20)17-13/h4-7,10H,8H2,1-3H3,(H,17,20)/t10-/m1/s1. The number of carbonyl (C=O) groups excluding carboxylic acids is 3. The van der Waals surface area contributed by atoms with Crippen molar-refractivity contribution in [2.24, 2.45) is 0 Å². The third kappa shape index (κ3) is 3.37. The smallest absolute Gasteiger partial charge is 0.331 e. The van der Waals surface area contributed by atoms with Crippen molar-refractivity contribution in [1.29, 1.82) is 0 Å².